The third-order valence-electron chi connectivity index (χ3n) is 2.02. The molecule has 3 atom stereocenters. The lowest BCUT2D eigenvalue weighted by molar-refractivity contribution is -0.148. The van der Waals surface area contributed by atoms with E-state index >= 15 is 0 Å². The van der Waals surface area contributed by atoms with Crippen molar-refractivity contribution in [2.45, 2.75) is 31.7 Å². The van der Waals surface area contributed by atoms with Gasteiger partial charge in [0.15, 0.2) is 6.10 Å². The number of esters is 1. The quantitative estimate of drug-likeness (QED) is 0.529. The van der Waals surface area contributed by atoms with E-state index in [0.717, 1.165) is 0 Å². The van der Waals surface area contributed by atoms with Gasteiger partial charge in [0.1, 0.15) is 6.10 Å². The van der Waals surface area contributed by atoms with E-state index in [1.165, 1.54) is 0 Å². The van der Waals surface area contributed by atoms with Crippen molar-refractivity contribution in [1.82, 2.24) is 0 Å². The van der Waals surface area contributed by atoms with E-state index in [0.29, 0.717) is 6.42 Å². The van der Waals surface area contributed by atoms with E-state index in [1.807, 2.05) is 6.92 Å². The molecule has 0 aromatic heterocycles. The van der Waals surface area contributed by atoms with Gasteiger partial charge in [-0.2, -0.15) is 0 Å². The molecule has 0 saturated carbocycles. The first-order chi connectivity index (χ1) is 5.72. The molecule has 2 fully saturated rings. The maximum atomic E-state index is 11.0. The van der Waals surface area contributed by atoms with Crippen LogP contribution in [0.2, 0.25) is 0 Å². The summed E-state index contributed by atoms with van der Waals surface area (Å²) >= 11 is 0. The van der Waals surface area contributed by atoms with Crippen molar-refractivity contribution in [3.8, 4) is 0 Å². The first kappa shape index (κ1) is 7.39. The fourth-order valence-corrected chi connectivity index (χ4v) is 1.42. The predicted octanol–water partition coefficient (Wildman–Crippen LogP) is 0.226. The first-order valence-corrected chi connectivity index (χ1v) is 3.80. The Labute approximate surface area is 68.6 Å². The Morgan fingerprint density at radius 2 is 2.00 bits per heavy atom. The molecule has 0 radical (unpaired) electrons. The van der Waals surface area contributed by atoms with Gasteiger partial charge < -0.3 is 14.2 Å². The molecule has 0 amide bonds. The van der Waals surface area contributed by atoms with Crippen LogP contribution in [-0.2, 0) is 19.0 Å². The van der Waals surface area contributed by atoms with Crippen LogP contribution in [-0.4, -0.2) is 30.4 Å². The molecule has 0 N–H and O–H groups in total. The number of cyclic esters (lactones) is 1. The van der Waals surface area contributed by atoms with E-state index in [1.54, 1.807) is 0 Å². The van der Waals surface area contributed by atoms with Gasteiger partial charge in [-0.1, -0.05) is 6.92 Å². The molecule has 2 aliphatic heterocycles. The van der Waals surface area contributed by atoms with Crippen molar-refractivity contribution < 1.29 is 23.8 Å². The van der Waals surface area contributed by atoms with Gasteiger partial charge in [-0.3, -0.25) is 0 Å². The number of hydrogen-bond donors (Lipinski definition) is 0. The predicted molar refractivity (Wildman–Crippen MR) is 35.3 cm³/mol. The van der Waals surface area contributed by atoms with Crippen molar-refractivity contribution in [3.63, 3.8) is 0 Å². The second kappa shape index (κ2) is 2.36. The minimum Gasteiger partial charge on any atom is -0.455 e. The summed E-state index contributed by atoms with van der Waals surface area (Å²) < 4.78 is 14.2. The fraction of sp³-hybridized carbons (Fsp3) is 0.714. The molecular formula is C7H8O5. The summed E-state index contributed by atoms with van der Waals surface area (Å²) in [5.41, 5.74) is 0. The number of fused-ring (bicyclic) bond motifs is 1. The molecule has 12 heavy (non-hydrogen) atoms. The zero-order valence-electron chi connectivity index (χ0n) is 6.48. The Morgan fingerprint density at radius 3 is 2.67 bits per heavy atom. The van der Waals surface area contributed by atoms with Crippen molar-refractivity contribution in [1.29, 1.82) is 0 Å². The number of carbonyl (C=O) groups excluding carboxylic acids is 2. The van der Waals surface area contributed by atoms with E-state index in [9.17, 15) is 9.59 Å². The summed E-state index contributed by atoms with van der Waals surface area (Å²) in [4.78, 5) is 21.6. The van der Waals surface area contributed by atoms with E-state index in [2.05, 4.69) is 4.74 Å². The molecule has 0 aliphatic carbocycles. The second-order valence-corrected chi connectivity index (χ2v) is 2.75. The molecule has 3 unspecified atom stereocenters. The summed E-state index contributed by atoms with van der Waals surface area (Å²) in [6.07, 6.45) is -1.85. The third kappa shape index (κ3) is 0.855. The first-order valence-electron chi connectivity index (χ1n) is 3.80. The SMILES string of the molecule is CCC1OC(=O)C2OC(=O)OC12. The molecule has 0 spiro atoms. The minimum absolute atomic E-state index is 0.339. The lowest BCUT2D eigenvalue weighted by Gasteiger charge is -2.09. The van der Waals surface area contributed by atoms with Crippen molar-refractivity contribution in [3.05, 3.63) is 0 Å². The van der Waals surface area contributed by atoms with E-state index in [4.69, 9.17) is 9.47 Å². The van der Waals surface area contributed by atoms with Crippen LogP contribution in [0.4, 0.5) is 4.79 Å². The molecule has 2 aliphatic rings. The van der Waals surface area contributed by atoms with Crippen LogP contribution in [0.1, 0.15) is 13.3 Å². The third-order valence-corrected chi connectivity index (χ3v) is 2.02. The molecule has 0 aromatic carbocycles. The standard InChI is InChI=1S/C7H8O5/c1-2-3-4-5(6(8)10-3)12-7(9)11-4/h3-5H,2H2,1H3. The van der Waals surface area contributed by atoms with Gasteiger partial charge in [0.05, 0.1) is 0 Å². The molecule has 66 valence electrons. The normalized spacial score (nSPS) is 38.6. The molecule has 2 rings (SSSR count). The summed E-state index contributed by atoms with van der Waals surface area (Å²) in [6, 6.07) is 0. The topological polar surface area (TPSA) is 61.8 Å². The highest BCUT2D eigenvalue weighted by molar-refractivity contribution is 5.83. The van der Waals surface area contributed by atoms with E-state index in [-0.39, 0.29) is 6.10 Å². The van der Waals surface area contributed by atoms with Gasteiger partial charge >= 0.3 is 12.1 Å². The Hall–Kier alpha value is -1.26. The van der Waals surface area contributed by atoms with E-state index < -0.39 is 24.3 Å². The maximum Gasteiger partial charge on any atom is 0.509 e. The Kier molecular flexibility index (Phi) is 1.46. The average molecular weight is 172 g/mol. The molecule has 0 aromatic rings. The molecule has 0 bridgehead atoms. The number of carbonyl (C=O) groups is 2. The molecule has 2 heterocycles. The molecule has 2 saturated heterocycles. The van der Waals surface area contributed by atoms with Gasteiger partial charge in [0.2, 0.25) is 6.10 Å². The van der Waals surface area contributed by atoms with Crippen LogP contribution in [0, 0.1) is 0 Å². The Bertz CT molecular complexity index is 236. The van der Waals surface area contributed by atoms with Crippen LogP contribution >= 0.6 is 0 Å². The Morgan fingerprint density at radius 1 is 1.25 bits per heavy atom. The van der Waals surface area contributed by atoms with Gasteiger partial charge in [0.25, 0.3) is 0 Å². The smallest absolute Gasteiger partial charge is 0.455 e. The van der Waals surface area contributed by atoms with Crippen LogP contribution in [0.5, 0.6) is 0 Å². The highest BCUT2D eigenvalue weighted by Gasteiger charge is 2.54. The largest absolute Gasteiger partial charge is 0.509 e. The monoisotopic (exact) mass is 172 g/mol. The average Bonchev–Trinajstić information content (AvgIpc) is 2.52. The maximum absolute atomic E-state index is 11.0. The van der Waals surface area contributed by atoms with Crippen molar-refractivity contribution >= 4 is 12.1 Å². The zero-order chi connectivity index (χ0) is 8.72. The summed E-state index contributed by atoms with van der Waals surface area (Å²) in [5.74, 6) is -0.502. The Balaban J connectivity index is 2.18. The minimum atomic E-state index is -0.831. The fourth-order valence-electron chi connectivity index (χ4n) is 1.42. The van der Waals surface area contributed by atoms with Crippen LogP contribution in [0.15, 0.2) is 0 Å². The van der Waals surface area contributed by atoms with Gasteiger partial charge in [-0.15, -0.1) is 0 Å². The highest BCUT2D eigenvalue weighted by Crippen LogP contribution is 2.29. The molecular weight excluding hydrogens is 164 g/mol. The van der Waals surface area contributed by atoms with Gasteiger partial charge in [0, 0.05) is 0 Å². The molecule has 5 heteroatoms. The van der Waals surface area contributed by atoms with Gasteiger partial charge in [-0.25, -0.2) is 9.59 Å². The van der Waals surface area contributed by atoms with Gasteiger partial charge in [-0.05, 0) is 6.42 Å². The van der Waals surface area contributed by atoms with Crippen LogP contribution in [0.3, 0.4) is 0 Å². The summed E-state index contributed by atoms with van der Waals surface area (Å²) in [5, 5.41) is 0. The number of rotatable bonds is 1. The van der Waals surface area contributed by atoms with Crippen LogP contribution in [0.25, 0.3) is 0 Å². The highest BCUT2D eigenvalue weighted by atomic mass is 16.8. The lowest BCUT2D eigenvalue weighted by Crippen LogP contribution is -2.27. The second-order valence-electron chi connectivity index (χ2n) is 2.75. The van der Waals surface area contributed by atoms with Crippen LogP contribution < -0.4 is 0 Å². The summed E-state index contributed by atoms with van der Waals surface area (Å²) in [6.45, 7) is 1.85. The zero-order valence-corrected chi connectivity index (χ0v) is 6.48. The number of ether oxygens (including phenoxy) is 3. The number of hydrogen-bond acceptors (Lipinski definition) is 5. The van der Waals surface area contributed by atoms with Crippen molar-refractivity contribution in [2.24, 2.45) is 0 Å². The molecule has 5 nitrogen and oxygen atoms in total. The summed E-state index contributed by atoms with van der Waals surface area (Å²) in [7, 11) is 0. The van der Waals surface area contributed by atoms with Crippen molar-refractivity contribution in [2.75, 3.05) is 0 Å². The lowest BCUT2D eigenvalue weighted by atomic mass is 10.1.